The van der Waals surface area contributed by atoms with Crippen molar-refractivity contribution in [1.82, 2.24) is 0 Å². The second-order valence-corrected chi connectivity index (χ2v) is 30.2. The van der Waals surface area contributed by atoms with Crippen molar-refractivity contribution < 1.29 is 66.8 Å². The summed E-state index contributed by atoms with van der Waals surface area (Å²) < 4.78 is 3.73. The second kappa shape index (κ2) is 65.1. The molecule has 0 atom stereocenters. The first-order chi connectivity index (χ1) is 44.9. The molecule has 2 nitrogen and oxygen atoms in total. The zero-order valence-electron chi connectivity index (χ0n) is 63.5. The van der Waals surface area contributed by atoms with E-state index < -0.39 is 0 Å². The summed E-state index contributed by atoms with van der Waals surface area (Å²) in [6.45, 7) is 3.74. The van der Waals surface area contributed by atoms with Crippen LogP contribution in [0.1, 0.15) is 248 Å². The van der Waals surface area contributed by atoms with E-state index in [1.807, 2.05) is 0 Å². The van der Waals surface area contributed by atoms with Crippen molar-refractivity contribution in [3.8, 4) is 0 Å². The Morgan fingerprint density at radius 1 is 0.248 bits per heavy atom. The predicted molar refractivity (Wildman–Crippen MR) is 470 cm³/mol. The predicted octanol–water partition coefficient (Wildman–Crippen LogP) is 32.0. The van der Waals surface area contributed by atoms with Gasteiger partial charge in [-0.1, -0.05) is 259 Å². The maximum atomic E-state index is 3.74. The Kier molecular flexibility index (Phi) is 67.9. The summed E-state index contributed by atoms with van der Waals surface area (Å²) in [5, 5.41) is 0. The quantitative estimate of drug-likeness (QED) is 0.0492. The standard InChI is InChI=1S/C39H45N.C18H12I3N.C7H12.4C5H10.7CH3.CH2.4Fe/c1-2-8-31(7-1)13-16-34-19-25-37(26-20-34)40(38-27-21-35(22-28-38)17-14-32-9-3-4-10-32)39-29-23-36(24-30-39)18-15-33-11-5-6-12-33;19-13-1-7-16(8-2-13)22(17-9-3-14(20)4-10-17)18-11-5-15(21)6-12-18;1-2-7-5-3-4-6-7;4*1-2-4-5-3-1;;;;;;;;;;;;/h13-33H,1-12H2;1-12H;2,7H,1,3-6H2;4*1-5H2;7*1H3;1H2;;;;/q;;;;;;;7*-1;;+1;3*+2/b16-13+,17-14+,18-15+;;;;;;;;;;;;;;;;;;. The number of hydrogen-bond donors (Lipinski definition) is 0. The van der Waals surface area contributed by atoms with Gasteiger partial charge in [-0.25, -0.2) is 0 Å². The number of halogens is 3. The fraction of sp³-hybridized carbons (Fsp3) is 0.435. The molecule has 8 aliphatic carbocycles. The molecule has 0 unspecified atom stereocenters. The molecule has 0 saturated heterocycles. The second-order valence-electron chi connectivity index (χ2n) is 26.4. The molecule has 8 aliphatic rings. The normalized spacial score (nSPS) is 16.3. The summed E-state index contributed by atoms with van der Waals surface area (Å²) in [5.74, 6) is 3.15. The van der Waals surface area contributed by atoms with Gasteiger partial charge in [-0.15, -0.1) is 6.58 Å². The Balaban J connectivity index is -0.000000647. The number of benzene rings is 6. The van der Waals surface area contributed by atoms with E-state index in [9.17, 15) is 0 Å². The maximum absolute atomic E-state index is 3.74. The molecular formula is C92H132Fe4I3N2. The third-order valence-corrected chi connectivity index (χ3v) is 21.5. The Morgan fingerprint density at radius 3 is 0.545 bits per heavy atom. The van der Waals surface area contributed by atoms with Crippen LogP contribution >= 0.6 is 67.8 Å². The summed E-state index contributed by atoms with van der Waals surface area (Å²) in [6.07, 6.45) is 68.3. The van der Waals surface area contributed by atoms with Crippen LogP contribution in [0.4, 0.5) is 34.1 Å². The minimum Gasteiger partial charge on any atom is -0.358 e. The van der Waals surface area contributed by atoms with Crippen molar-refractivity contribution >= 4 is 126 Å². The molecule has 0 aromatic heterocycles. The molecule has 14 rings (SSSR count). The van der Waals surface area contributed by atoms with Gasteiger partial charge in [0.05, 0.1) is 0 Å². The van der Waals surface area contributed by atoms with Crippen LogP contribution in [0.15, 0.2) is 176 Å². The molecule has 0 radical (unpaired) electrons. The van der Waals surface area contributed by atoms with Gasteiger partial charge in [0.25, 0.3) is 0 Å². The average molecular weight is 1870 g/mol. The van der Waals surface area contributed by atoms with Crippen LogP contribution in [0.3, 0.4) is 0 Å². The Labute approximate surface area is 705 Å². The monoisotopic (exact) mass is 1870 g/mol. The number of nitrogens with zero attached hydrogens (tertiary/aromatic N) is 2. The van der Waals surface area contributed by atoms with E-state index in [1.54, 1.807) is 0 Å². The Bertz CT molecular complexity index is 2580. The van der Waals surface area contributed by atoms with Crippen molar-refractivity contribution in [2.24, 2.45) is 23.7 Å². The smallest absolute Gasteiger partial charge is 0.358 e. The van der Waals surface area contributed by atoms with E-state index in [-0.39, 0.29) is 103 Å². The van der Waals surface area contributed by atoms with Gasteiger partial charge in [0.2, 0.25) is 0 Å². The summed E-state index contributed by atoms with van der Waals surface area (Å²) in [6, 6.07) is 53.1. The van der Waals surface area contributed by atoms with E-state index in [1.165, 1.54) is 293 Å². The van der Waals surface area contributed by atoms with Crippen LogP contribution < -0.4 is 9.80 Å². The van der Waals surface area contributed by atoms with Gasteiger partial charge in [0.15, 0.2) is 0 Å². The van der Waals surface area contributed by atoms with E-state index in [0.717, 1.165) is 23.7 Å². The first-order valence-electron chi connectivity index (χ1n) is 36.0. The summed E-state index contributed by atoms with van der Waals surface area (Å²) in [7, 11) is 0. The van der Waals surface area contributed by atoms with Crippen LogP contribution in [0.2, 0.25) is 0 Å². The zero-order valence-corrected chi connectivity index (χ0v) is 74.4. The molecule has 0 N–H and O–H groups in total. The van der Waals surface area contributed by atoms with Gasteiger partial charge in [-0.05, 0) is 269 Å². The van der Waals surface area contributed by atoms with Crippen LogP contribution in [-0.4, -0.2) is 5.42 Å². The molecule has 6 aromatic rings. The molecule has 6 aromatic carbocycles. The molecule has 0 aliphatic heterocycles. The molecule has 0 amide bonds. The van der Waals surface area contributed by atoms with E-state index in [4.69, 9.17) is 0 Å². The third-order valence-electron chi connectivity index (χ3n) is 19.3. The van der Waals surface area contributed by atoms with Gasteiger partial charge in [0.1, 0.15) is 0 Å². The van der Waals surface area contributed by atoms with E-state index in [2.05, 4.69) is 293 Å². The maximum Gasteiger partial charge on any atom is 2.00 e. The van der Waals surface area contributed by atoms with Crippen molar-refractivity contribution in [2.45, 2.75) is 231 Å². The minimum atomic E-state index is 0. The van der Waals surface area contributed by atoms with E-state index >= 15 is 0 Å². The third kappa shape index (κ3) is 41.8. The molecule has 101 heavy (non-hydrogen) atoms. The first kappa shape index (κ1) is 105. The van der Waals surface area contributed by atoms with Crippen LogP contribution in [0.25, 0.3) is 18.2 Å². The van der Waals surface area contributed by atoms with Crippen LogP contribution in [0.5, 0.6) is 0 Å². The molecule has 8 saturated carbocycles. The van der Waals surface area contributed by atoms with Gasteiger partial charge in [-0.3, -0.25) is 0 Å². The van der Waals surface area contributed by atoms with Crippen molar-refractivity contribution in [1.29, 1.82) is 0 Å². The molecule has 0 spiro atoms. The Morgan fingerprint density at radius 2 is 0.396 bits per heavy atom. The SMILES string of the molecule is C(=C\C1CCCC1)/c1ccc(N(c2ccc(/C=C/C3CCCC3)cc2)c2ccc(/C=C/C3CCCC3)cc2)cc1.C1CCCC1.C1CCCC1.C1CCCC1.C1CCCC1.C=CC1CCCC1.Ic1ccc(N(c2ccc(I)cc2)c2ccc(I)cc2)cc1.[CH2]=[Fe+].[CH3-].[CH3-].[CH3-].[CH3-].[CH3-].[CH3-].[CH3-].[Fe+2].[Fe+2].[Fe+2]. The number of hydrogen-bond acceptors (Lipinski definition) is 2. The molecule has 0 bridgehead atoms. The fourth-order valence-corrected chi connectivity index (χ4v) is 14.9. The summed E-state index contributed by atoms with van der Waals surface area (Å²) in [4.78, 5) is 4.67. The molecule has 0 heterocycles. The first-order valence-corrected chi connectivity index (χ1v) is 40.0. The largest absolute Gasteiger partial charge is 2.00 e. The van der Waals surface area contributed by atoms with Gasteiger partial charge < -0.3 is 61.8 Å². The zero-order chi connectivity index (χ0) is 63.8. The topological polar surface area (TPSA) is 6.48 Å². The van der Waals surface area contributed by atoms with Crippen molar-refractivity contribution in [2.75, 3.05) is 9.80 Å². The van der Waals surface area contributed by atoms with Crippen LogP contribution in [-0.2, 0) is 66.8 Å². The minimum absolute atomic E-state index is 0. The van der Waals surface area contributed by atoms with Gasteiger partial charge in [0, 0.05) is 44.8 Å². The van der Waals surface area contributed by atoms with E-state index in [0.29, 0.717) is 0 Å². The Hall–Kier alpha value is -1.98. The number of rotatable bonds is 13. The summed E-state index contributed by atoms with van der Waals surface area (Å²) in [5.41, 5.74) is 14.0. The van der Waals surface area contributed by atoms with Crippen molar-refractivity contribution in [3.05, 3.63) is 256 Å². The molecule has 9 heteroatoms. The van der Waals surface area contributed by atoms with Gasteiger partial charge >= 0.3 is 72.2 Å². The molecular weight excluding hydrogens is 1740 g/mol. The van der Waals surface area contributed by atoms with Crippen LogP contribution in [0, 0.1) is 86.4 Å². The summed E-state index contributed by atoms with van der Waals surface area (Å²) >= 11 is 10.0. The average Bonchev–Trinajstić information content (AvgIpc) is 1.80. The molecule has 8 fully saturated rings. The fourth-order valence-electron chi connectivity index (χ4n) is 13.8. The molecule has 563 valence electrons. The van der Waals surface area contributed by atoms with Gasteiger partial charge in [-0.2, -0.15) is 0 Å². The number of anilines is 6. The van der Waals surface area contributed by atoms with Crippen molar-refractivity contribution in [3.63, 3.8) is 0 Å². The number of allylic oxidation sites excluding steroid dienone is 4.